The molecule has 0 unspecified atom stereocenters. The van der Waals surface area contributed by atoms with Gasteiger partial charge in [-0.25, -0.2) is 0 Å². The number of carbonyl (C=O) groups is 1. The number of hydrogen-bond acceptors (Lipinski definition) is 4. The fourth-order valence-electron chi connectivity index (χ4n) is 4.46. The molecule has 5 nitrogen and oxygen atoms in total. The molecule has 1 aliphatic carbocycles. The molecule has 1 N–H and O–H groups in total. The van der Waals surface area contributed by atoms with Crippen LogP contribution in [0.15, 0.2) is 47.1 Å². The van der Waals surface area contributed by atoms with E-state index in [1.54, 1.807) is 6.26 Å². The summed E-state index contributed by atoms with van der Waals surface area (Å²) in [5, 5.41) is 2.98. The maximum Gasteiger partial charge on any atom is 0.224 e. The minimum atomic E-state index is 0.0187. The van der Waals surface area contributed by atoms with E-state index in [2.05, 4.69) is 27.2 Å². The Morgan fingerprint density at radius 3 is 2.43 bits per heavy atom. The largest absolute Gasteiger partial charge is 0.469 e. The van der Waals surface area contributed by atoms with E-state index in [-0.39, 0.29) is 5.91 Å². The summed E-state index contributed by atoms with van der Waals surface area (Å²) in [6.07, 6.45) is 9.69. The molecule has 2 aromatic rings. The van der Waals surface area contributed by atoms with Crippen LogP contribution in [0.2, 0.25) is 0 Å². The first kappa shape index (κ1) is 19.1. The van der Waals surface area contributed by atoms with Crippen LogP contribution in [0.1, 0.15) is 44.3 Å². The molecule has 5 heteroatoms. The number of piperazine rings is 1. The van der Waals surface area contributed by atoms with Crippen molar-refractivity contribution in [3.63, 3.8) is 0 Å². The minimum absolute atomic E-state index is 0.0187. The first-order valence-corrected chi connectivity index (χ1v) is 10.7. The lowest BCUT2D eigenvalue weighted by molar-refractivity contribution is -0.116. The highest BCUT2D eigenvalue weighted by Gasteiger charge is 2.25. The van der Waals surface area contributed by atoms with Crippen LogP contribution in [0.3, 0.4) is 0 Å². The van der Waals surface area contributed by atoms with Crippen LogP contribution < -0.4 is 10.2 Å². The van der Waals surface area contributed by atoms with Gasteiger partial charge in [-0.15, -0.1) is 0 Å². The zero-order valence-corrected chi connectivity index (χ0v) is 16.6. The lowest BCUT2D eigenvalue weighted by Gasteiger charge is -2.41. The quantitative estimate of drug-likeness (QED) is 0.810. The van der Waals surface area contributed by atoms with Crippen LogP contribution in [0.4, 0.5) is 11.4 Å². The van der Waals surface area contributed by atoms with Crippen molar-refractivity contribution in [3.8, 4) is 0 Å². The second-order valence-corrected chi connectivity index (χ2v) is 7.99. The van der Waals surface area contributed by atoms with E-state index in [9.17, 15) is 4.79 Å². The maximum atomic E-state index is 12.1. The number of anilines is 2. The van der Waals surface area contributed by atoms with Gasteiger partial charge in [0.1, 0.15) is 5.76 Å². The Morgan fingerprint density at radius 1 is 1.00 bits per heavy atom. The Hall–Kier alpha value is -2.27. The second kappa shape index (κ2) is 9.28. The topological polar surface area (TPSA) is 48.7 Å². The van der Waals surface area contributed by atoms with Gasteiger partial charge in [0.05, 0.1) is 6.26 Å². The Morgan fingerprint density at radius 2 is 1.75 bits per heavy atom. The van der Waals surface area contributed by atoms with Gasteiger partial charge in [0.25, 0.3) is 0 Å². The van der Waals surface area contributed by atoms with E-state index in [4.69, 9.17) is 4.42 Å². The van der Waals surface area contributed by atoms with Gasteiger partial charge in [0.15, 0.2) is 0 Å². The lowest BCUT2D eigenvalue weighted by Crippen LogP contribution is -2.50. The fraction of sp³-hybridized carbons (Fsp3) is 0.522. The predicted molar refractivity (Wildman–Crippen MR) is 113 cm³/mol. The molecule has 1 aromatic carbocycles. The Labute approximate surface area is 167 Å². The number of aryl methyl sites for hydroxylation is 1. The van der Waals surface area contributed by atoms with E-state index in [0.29, 0.717) is 12.8 Å². The van der Waals surface area contributed by atoms with Gasteiger partial charge in [-0.1, -0.05) is 19.3 Å². The van der Waals surface area contributed by atoms with Crippen molar-refractivity contribution in [1.29, 1.82) is 0 Å². The molecule has 1 aromatic heterocycles. The zero-order valence-electron chi connectivity index (χ0n) is 16.6. The van der Waals surface area contributed by atoms with E-state index in [1.165, 1.54) is 37.8 Å². The van der Waals surface area contributed by atoms with Gasteiger partial charge in [-0.05, 0) is 49.2 Å². The molecular formula is C23H31N3O2. The van der Waals surface area contributed by atoms with Crippen molar-refractivity contribution in [2.24, 2.45) is 0 Å². The highest BCUT2D eigenvalue weighted by molar-refractivity contribution is 5.91. The third-order valence-electron chi connectivity index (χ3n) is 6.10. The first-order valence-electron chi connectivity index (χ1n) is 10.7. The first-order chi connectivity index (χ1) is 13.8. The van der Waals surface area contributed by atoms with Crippen molar-refractivity contribution >= 4 is 17.3 Å². The van der Waals surface area contributed by atoms with Crippen LogP contribution in [0, 0.1) is 0 Å². The van der Waals surface area contributed by atoms with Gasteiger partial charge in [0.2, 0.25) is 5.91 Å². The average molecular weight is 382 g/mol. The molecule has 0 spiro atoms. The molecule has 28 heavy (non-hydrogen) atoms. The van der Waals surface area contributed by atoms with Crippen molar-refractivity contribution in [2.75, 3.05) is 36.4 Å². The zero-order chi connectivity index (χ0) is 19.2. The number of rotatable bonds is 6. The predicted octanol–water partition coefficient (Wildman–Crippen LogP) is 4.31. The summed E-state index contributed by atoms with van der Waals surface area (Å²) in [5.41, 5.74) is 2.10. The van der Waals surface area contributed by atoms with E-state index in [1.807, 2.05) is 24.3 Å². The third-order valence-corrected chi connectivity index (χ3v) is 6.10. The number of carbonyl (C=O) groups excluding carboxylic acids is 1. The molecule has 2 aliphatic rings. The number of furan rings is 1. The number of nitrogens with zero attached hydrogens (tertiary/aromatic N) is 2. The van der Waals surface area contributed by atoms with Crippen LogP contribution >= 0.6 is 0 Å². The summed E-state index contributed by atoms with van der Waals surface area (Å²) in [6, 6.07) is 12.8. The van der Waals surface area contributed by atoms with E-state index < -0.39 is 0 Å². The van der Waals surface area contributed by atoms with Crippen LogP contribution in [0.25, 0.3) is 0 Å². The number of benzene rings is 1. The normalized spacial score (nSPS) is 18.9. The Kier molecular flexibility index (Phi) is 6.32. The smallest absolute Gasteiger partial charge is 0.224 e. The average Bonchev–Trinajstić information content (AvgIpc) is 3.27. The SMILES string of the molecule is O=C(CCc1ccco1)Nc1ccc(N2CCN(C3CCCCC3)CC2)cc1. The molecule has 1 saturated carbocycles. The number of hydrogen-bond donors (Lipinski definition) is 1. The van der Waals surface area contributed by atoms with Crippen LogP contribution in [-0.4, -0.2) is 43.0 Å². The van der Waals surface area contributed by atoms with Crippen molar-refractivity contribution in [3.05, 3.63) is 48.4 Å². The Bertz CT molecular complexity index is 728. The van der Waals surface area contributed by atoms with Gasteiger partial charge in [-0.2, -0.15) is 0 Å². The molecule has 0 atom stereocenters. The maximum absolute atomic E-state index is 12.1. The molecule has 1 saturated heterocycles. The molecule has 4 rings (SSSR count). The monoisotopic (exact) mass is 381 g/mol. The summed E-state index contributed by atoms with van der Waals surface area (Å²) in [5.74, 6) is 0.864. The standard InChI is InChI=1S/C23H31N3O2/c27-23(13-12-22-7-4-18-28-22)24-19-8-10-21(11-9-19)26-16-14-25(15-17-26)20-5-2-1-3-6-20/h4,7-11,18,20H,1-3,5-6,12-17H2,(H,24,27). The summed E-state index contributed by atoms with van der Waals surface area (Å²) >= 11 is 0. The summed E-state index contributed by atoms with van der Waals surface area (Å²) in [7, 11) is 0. The molecule has 2 heterocycles. The number of nitrogens with one attached hydrogen (secondary N) is 1. The van der Waals surface area contributed by atoms with Crippen LogP contribution in [0.5, 0.6) is 0 Å². The fourth-order valence-corrected chi connectivity index (χ4v) is 4.46. The summed E-state index contributed by atoms with van der Waals surface area (Å²) in [6.45, 7) is 4.50. The summed E-state index contributed by atoms with van der Waals surface area (Å²) < 4.78 is 5.27. The van der Waals surface area contributed by atoms with E-state index in [0.717, 1.165) is 43.7 Å². The molecule has 1 amide bonds. The van der Waals surface area contributed by atoms with Crippen molar-refractivity contribution in [2.45, 2.75) is 51.0 Å². The number of amides is 1. The van der Waals surface area contributed by atoms with Gasteiger partial charge < -0.3 is 14.6 Å². The molecular weight excluding hydrogens is 350 g/mol. The molecule has 1 aliphatic heterocycles. The van der Waals surface area contributed by atoms with Crippen molar-refractivity contribution < 1.29 is 9.21 Å². The molecule has 0 bridgehead atoms. The van der Waals surface area contributed by atoms with E-state index >= 15 is 0 Å². The van der Waals surface area contributed by atoms with Crippen molar-refractivity contribution in [1.82, 2.24) is 4.90 Å². The summed E-state index contributed by atoms with van der Waals surface area (Å²) in [4.78, 5) is 17.3. The molecule has 150 valence electrons. The van der Waals surface area contributed by atoms with Gasteiger partial charge in [-0.3, -0.25) is 9.69 Å². The van der Waals surface area contributed by atoms with Gasteiger partial charge in [0, 0.05) is 56.4 Å². The lowest BCUT2D eigenvalue weighted by atomic mass is 9.94. The van der Waals surface area contributed by atoms with Gasteiger partial charge >= 0.3 is 0 Å². The second-order valence-electron chi connectivity index (χ2n) is 7.99. The minimum Gasteiger partial charge on any atom is -0.469 e. The Balaban J connectivity index is 1.23. The van der Waals surface area contributed by atoms with Crippen LogP contribution in [-0.2, 0) is 11.2 Å². The molecule has 0 radical (unpaired) electrons. The highest BCUT2D eigenvalue weighted by Crippen LogP contribution is 2.25. The highest BCUT2D eigenvalue weighted by atomic mass is 16.3. The third kappa shape index (κ3) is 4.96. The molecule has 2 fully saturated rings.